The Bertz CT molecular complexity index is 973. The van der Waals surface area contributed by atoms with Crippen LogP contribution in [0.25, 0.3) is 11.1 Å². The zero-order valence-corrected chi connectivity index (χ0v) is 15.2. The fourth-order valence-electron chi connectivity index (χ4n) is 2.44. The third-order valence-corrected chi connectivity index (χ3v) is 5.52. The van der Waals surface area contributed by atoms with Crippen molar-refractivity contribution in [3.8, 4) is 11.1 Å². The van der Waals surface area contributed by atoms with Crippen LogP contribution >= 0.6 is 11.6 Å². The van der Waals surface area contributed by atoms with E-state index in [9.17, 15) is 22.4 Å². The summed E-state index contributed by atoms with van der Waals surface area (Å²) in [6.07, 6.45) is 1.48. The molecule has 2 rings (SSSR count). The Labute approximate surface area is 153 Å². The number of sulfone groups is 1. The highest BCUT2D eigenvalue weighted by Gasteiger charge is 2.28. The lowest BCUT2D eigenvalue weighted by Gasteiger charge is -2.14. The topological polar surface area (TPSA) is 105 Å². The van der Waals surface area contributed by atoms with Crippen LogP contribution in [0.1, 0.15) is 6.42 Å². The molecule has 0 saturated heterocycles. The lowest BCUT2D eigenvalue weighted by molar-refractivity contribution is -0.128. The number of carbonyl (C=O) groups is 1. The van der Waals surface area contributed by atoms with Gasteiger partial charge < -0.3 is 4.57 Å². The van der Waals surface area contributed by atoms with Gasteiger partial charge in [0.2, 0.25) is 0 Å². The molecule has 0 saturated carbocycles. The van der Waals surface area contributed by atoms with Gasteiger partial charge in [-0.15, -0.1) is 0 Å². The summed E-state index contributed by atoms with van der Waals surface area (Å²) < 4.78 is 38.6. The normalized spacial score (nSPS) is 12.6. The van der Waals surface area contributed by atoms with E-state index in [-0.39, 0.29) is 18.5 Å². The molecule has 0 spiro atoms. The number of aryl methyl sites for hydroxylation is 1. The highest BCUT2D eigenvalue weighted by atomic mass is 35.5. The maximum atomic E-state index is 14.4. The van der Waals surface area contributed by atoms with Gasteiger partial charge in [-0.1, -0.05) is 23.7 Å². The summed E-state index contributed by atoms with van der Waals surface area (Å²) in [5.74, 6) is -1.80. The number of nitrogens with one attached hydrogen (secondary N) is 1. The number of benzene rings is 1. The maximum absolute atomic E-state index is 14.4. The molecule has 10 heteroatoms. The number of amides is 1. The lowest BCUT2D eigenvalue weighted by atomic mass is 10.1. The van der Waals surface area contributed by atoms with Crippen molar-refractivity contribution in [2.24, 2.45) is 0 Å². The highest BCUT2D eigenvalue weighted by Crippen LogP contribution is 2.23. The van der Waals surface area contributed by atoms with E-state index in [0.717, 1.165) is 23.1 Å². The number of hydrogen-bond acceptors (Lipinski definition) is 5. The molecule has 140 valence electrons. The molecule has 0 aliphatic rings. The standard InChI is InChI=1S/C16H16ClFN2O5S/c1-26(24,25)14(16(22)19-23)6-7-20-9-13(18)12(8-15(20)21)10-2-4-11(17)5-3-10/h2-5,8-9,14,23H,6-7H2,1H3,(H,19,22). The van der Waals surface area contributed by atoms with Crippen LogP contribution in [0.4, 0.5) is 4.39 Å². The Hall–Kier alpha value is -2.23. The van der Waals surface area contributed by atoms with Gasteiger partial charge in [-0.05, 0) is 24.1 Å². The van der Waals surface area contributed by atoms with Crippen molar-refractivity contribution >= 4 is 27.3 Å². The van der Waals surface area contributed by atoms with Crippen LogP contribution in [-0.4, -0.2) is 35.6 Å². The van der Waals surface area contributed by atoms with Crippen molar-refractivity contribution in [2.45, 2.75) is 18.2 Å². The molecule has 1 atom stereocenters. The zero-order valence-electron chi connectivity index (χ0n) is 13.6. The summed E-state index contributed by atoms with van der Waals surface area (Å²) in [7, 11) is -3.82. The number of carbonyl (C=O) groups excluding carboxylic acids is 1. The zero-order chi connectivity index (χ0) is 19.5. The fraction of sp³-hybridized carbons (Fsp3) is 0.250. The number of hydrogen-bond donors (Lipinski definition) is 2. The second-order valence-electron chi connectivity index (χ2n) is 5.66. The van der Waals surface area contributed by atoms with Crippen LogP contribution in [0.5, 0.6) is 0 Å². The summed E-state index contributed by atoms with van der Waals surface area (Å²) in [6.45, 7) is -0.220. The number of halogens is 2. The number of aromatic nitrogens is 1. The predicted octanol–water partition coefficient (Wildman–Crippen LogP) is 1.62. The molecule has 7 nitrogen and oxygen atoms in total. The third kappa shape index (κ3) is 4.69. The highest BCUT2D eigenvalue weighted by molar-refractivity contribution is 7.92. The molecule has 0 bridgehead atoms. The van der Waals surface area contributed by atoms with Crippen LogP contribution in [0.3, 0.4) is 0 Å². The minimum atomic E-state index is -3.82. The summed E-state index contributed by atoms with van der Waals surface area (Å²) in [5.41, 5.74) is 1.26. The van der Waals surface area contributed by atoms with Crippen molar-refractivity contribution < 1.29 is 22.8 Å². The van der Waals surface area contributed by atoms with Gasteiger partial charge >= 0.3 is 0 Å². The summed E-state index contributed by atoms with van der Waals surface area (Å²) in [4.78, 5) is 23.7. The van der Waals surface area contributed by atoms with E-state index < -0.39 is 32.4 Å². The maximum Gasteiger partial charge on any atom is 0.261 e. The van der Waals surface area contributed by atoms with E-state index in [2.05, 4.69) is 0 Å². The molecule has 2 aromatic rings. The van der Waals surface area contributed by atoms with Crippen LogP contribution in [-0.2, 0) is 21.2 Å². The molecule has 2 N–H and O–H groups in total. The van der Waals surface area contributed by atoms with E-state index in [0.29, 0.717) is 10.6 Å². The van der Waals surface area contributed by atoms with E-state index in [1.165, 1.54) is 5.48 Å². The smallest absolute Gasteiger partial charge is 0.261 e. The Morgan fingerprint density at radius 3 is 2.50 bits per heavy atom. The number of pyridine rings is 1. The van der Waals surface area contributed by atoms with Gasteiger partial charge in [0.05, 0.1) is 0 Å². The molecule has 0 aliphatic carbocycles. The van der Waals surface area contributed by atoms with Crippen molar-refractivity contribution in [3.63, 3.8) is 0 Å². The van der Waals surface area contributed by atoms with Gasteiger partial charge in [-0.2, -0.15) is 0 Å². The predicted molar refractivity (Wildman–Crippen MR) is 94.3 cm³/mol. The monoisotopic (exact) mass is 402 g/mol. The molecule has 0 fully saturated rings. The summed E-state index contributed by atoms with van der Waals surface area (Å²) in [5, 5.41) is 7.56. The van der Waals surface area contributed by atoms with Gasteiger partial charge in [-0.3, -0.25) is 14.8 Å². The van der Waals surface area contributed by atoms with Crippen LogP contribution in [0.2, 0.25) is 5.02 Å². The molecule has 1 amide bonds. The van der Waals surface area contributed by atoms with Crippen molar-refractivity contribution in [3.05, 3.63) is 57.7 Å². The molecule has 1 aromatic carbocycles. The molecular formula is C16H16ClFN2O5S. The molecule has 0 radical (unpaired) electrons. The first-order valence-corrected chi connectivity index (χ1v) is 9.75. The molecule has 1 unspecified atom stereocenters. The lowest BCUT2D eigenvalue weighted by Crippen LogP contribution is -2.39. The SMILES string of the molecule is CS(=O)(=O)C(CCn1cc(F)c(-c2ccc(Cl)cc2)cc1=O)C(=O)NO. The first-order valence-electron chi connectivity index (χ1n) is 7.42. The van der Waals surface area contributed by atoms with Gasteiger partial charge in [0.15, 0.2) is 9.84 Å². The van der Waals surface area contributed by atoms with E-state index in [1.807, 2.05) is 0 Å². The number of nitrogens with zero attached hydrogens (tertiary/aromatic N) is 1. The van der Waals surface area contributed by atoms with E-state index in [4.69, 9.17) is 16.8 Å². The van der Waals surface area contributed by atoms with Crippen molar-refractivity contribution in [1.82, 2.24) is 10.0 Å². The average Bonchev–Trinajstić information content (AvgIpc) is 2.57. The first kappa shape index (κ1) is 20.1. The molecular weight excluding hydrogens is 387 g/mol. The Kier molecular flexibility index (Phi) is 6.17. The average molecular weight is 403 g/mol. The van der Waals surface area contributed by atoms with E-state index in [1.54, 1.807) is 24.3 Å². The number of rotatable bonds is 6. The van der Waals surface area contributed by atoms with Gasteiger partial charge in [0.25, 0.3) is 11.5 Å². The minimum Gasteiger partial charge on any atom is -0.312 e. The second kappa shape index (κ2) is 7.98. The first-order chi connectivity index (χ1) is 12.1. The minimum absolute atomic E-state index is 0.0793. The Balaban J connectivity index is 2.29. The second-order valence-corrected chi connectivity index (χ2v) is 8.32. The molecule has 0 aliphatic heterocycles. The third-order valence-electron chi connectivity index (χ3n) is 3.78. The van der Waals surface area contributed by atoms with Crippen molar-refractivity contribution in [1.29, 1.82) is 0 Å². The van der Waals surface area contributed by atoms with E-state index >= 15 is 0 Å². The summed E-state index contributed by atoms with van der Waals surface area (Å²) in [6, 6.07) is 7.34. The van der Waals surface area contributed by atoms with Crippen molar-refractivity contribution in [2.75, 3.05) is 6.26 Å². The Morgan fingerprint density at radius 1 is 1.35 bits per heavy atom. The van der Waals surface area contributed by atoms with Crippen LogP contribution in [0, 0.1) is 5.82 Å². The quantitative estimate of drug-likeness (QED) is 0.564. The molecule has 1 heterocycles. The fourth-order valence-corrected chi connectivity index (χ4v) is 3.54. The molecule has 26 heavy (non-hydrogen) atoms. The molecule has 1 aromatic heterocycles. The van der Waals surface area contributed by atoms with Crippen LogP contribution < -0.4 is 11.0 Å². The van der Waals surface area contributed by atoms with Gasteiger partial charge in [0, 0.05) is 35.6 Å². The number of hydroxylamine groups is 1. The summed E-state index contributed by atoms with van der Waals surface area (Å²) >= 11 is 5.78. The largest absolute Gasteiger partial charge is 0.312 e. The Morgan fingerprint density at radius 2 is 1.96 bits per heavy atom. The van der Waals surface area contributed by atoms with Gasteiger partial charge in [0.1, 0.15) is 11.1 Å². The van der Waals surface area contributed by atoms with Crippen LogP contribution in [0.15, 0.2) is 41.3 Å². The van der Waals surface area contributed by atoms with Gasteiger partial charge in [-0.25, -0.2) is 18.3 Å².